The van der Waals surface area contributed by atoms with Crippen molar-refractivity contribution in [3.63, 3.8) is 0 Å². The van der Waals surface area contributed by atoms with Crippen LogP contribution in [0.25, 0.3) is 0 Å². The van der Waals surface area contributed by atoms with Crippen LogP contribution < -0.4 is 9.64 Å². The lowest BCUT2D eigenvalue weighted by molar-refractivity contribution is 0.0529. The quantitative estimate of drug-likeness (QED) is 0.718. The zero-order chi connectivity index (χ0) is 10.7. The molecule has 1 aromatic heterocycles. The van der Waals surface area contributed by atoms with E-state index in [0.29, 0.717) is 5.88 Å². The highest BCUT2D eigenvalue weighted by atomic mass is 16.5. The van der Waals surface area contributed by atoms with Crippen LogP contribution in [-0.2, 0) is 4.74 Å². The normalized spacial score (nSPS) is 21.5. The van der Waals surface area contributed by atoms with Crippen LogP contribution in [0.5, 0.6) is 5.88 Å². The van der Waals surface area contributed by atoms with Crippen molar-refractivity contribution in [3.8, 4) is 5.88 Å². The summed E-state index contributed by atoms with van der Waals surface area (Å²) < 4.78 is 10.5. The highest BCUT2D eigenvalue weighted by Gasteiger charge is 2.18. The predicted molar refractivity (Wildman–Crippen MR) is 56.2 cm³/mol. The molecule has 0 saturated carbocycles. The summed E-state index contributed by atoms with van der Waals surface area (Å²) in [4.78, 5) is 10.4. The summed E-state index contributed by atoms with van der Waals surface area (Å²) in [6, 6.07) is 1.85. The van der Waals surface area contributed by atoms with Gasteiger partial charge in [0.15, 0.2) is 0 Å². The number of ether oxygens (including phenoxy) is 2. The molecule has 15 heavy (non-hydrogen) atoms. The number of anilines is 1. The highest BCUT2D eigenvalue weighted by Crippen LogP contribution is 2.17. The number of aromatic nitrogens is 2. The highest BCUT2D eigenvalue weighted by molar-refractivity contribution is 5.41. The summed E-state index contributed by atoms with van der Waals surface area (Å²) in [7, 11) is 1.61. The molecule has 1 aromatic rings. The zero-order valence-corrected chi connectivity index (χ0v) is 9.01. The minimum Gasteiger partial charge on any atom is -0.481 e. The van der Waals surface area contributed by atoms with E-state index in [1.165, 1.54) is 6.33 Å². The maximum absolute atomic E-state index is 5.47. The molecule has 82 valence electrons. The molecule has 0 N–H and O–H groups in total. The number of hydrogen-bond acceptors (Lipinski definition) is 5. The van der Waals surface area contributed by atoms with Gasteiger partial charge in [0, 0.05) is 19.2 Å². The number of hydrogen-bond donors (Lipinski definition) is 0. The number of methoxy groups -OCH3 is 1. The third kappa shape index (κ3) is 2.36. The molecule has 1 saturated heterocycles. The Morgan fingerprint density at radius 2 is 2.40 bits per heavy atom. The molecule has 5 heteroatoms. The minimum atomic E-state index is 0.250. The van der Waals surface area contributed by atoms with Crippen LogP contribution in [-0.4, -0.2) is 42.9 Å². The van der Waals surface area contributed by atoms with Crippen LogP contribution in [0.1, 0.15) is 6.92 Å². The Hall–Kier alpha value is -1.36. The van der Waals surface area contributed by atoms with Crippen LogP contribution in [0.2, 0.25) is 0 Å². The van der Waals surface area contributed by atoms with Crippen molar-refractivity contribution >= 4 is 5.82 Å². The van der Waals surface area contributed by atoms with Gasteiger partial charge in [-0.2, -0.15) is 0 Å². The molecule has 0 radical (unpaired) electrons. The molecule has 0 amide bonds. The van der Waals surface area contributed by atoms with Gasteiger partial charge in [0.05, 0.1) is 19.8 Å². The SMILES string of the molecule is COc1cc(N2CCOC(C)C2)ncn1. The largest absolute Gasteiger partial charge is 0.481 e. The molecule has 1 fully saturated rings. The summed E-state index contributed by atoms with van der Waals surface area (Å²) in [5, 5.41) is 0. The van der Waals surface area contributed by atoms with Crippen LogP contribution in [0.4, 0.5) is 5.82 Å². The average molecular weight is 209 g/mol. The molecule has 1 aliphatic heterocycles. The second-order valence-electron chi connectivity index (χ2n) is 3.55. The van der Waals surface area contributed by atoms with Gasteiger partial charge in [-0.25, -0.2) is 9.97 Å². The van der Waals surface area contributed by atoms with E-state index >= 15 is 0 Å². The van der Waals surface area contributed by atoms with E-state index < -0.39 is 0 Å². The van der Waals surface area contributed by atoms with Crippen molar-refractivity contribution in [2.24, 2.45) is 0 Å². The van der Waals surface area contributed by atoms with Gasteiger partial charge in [-0.15, -0.1) is 0 Å². The Morgan fingerprint density at radius 3 is 3.13 bits per heavy atom. The lowest BCUT2D eigenvalue weighted by Crippen LogP contribution is -2.41. The lowest BCUT2D eigenvalue weighted by Gasteiger charge is -2.31. The topological polar surface area (TPSA) is 47.5 Å². The summed E-state index contributed by atoms with van der Waals surface area (Å²) in [6.07, 6.45) is 1.77. The van der Waals surface area contributed by atoms with Gasteiger partial charge in [0.25, 0.3) is 0 Å². The molecule has 0 bridgehead atoms. The van der Waals surface area contributed by atoms with Crippen molar-refractivity contribution in [1.82, 2.24) is 9.97 Å². The van der Waals surface area contributed by atoms with E-state index in [-0.39, 0.29) is 6.10 Å². The van der Waals surface area contributed by atoms with E-state index in [1.807, 2.05) is 6.07 Å². The fourth-order valence-electron chi connectivity index (χ4n) is 1.64. The van der Waals surface area contributed by atoms with Crippen molar-refractivity contribution < 1.29 is 9.47 Å². The molecule has 0 aromatic carbocycles. The third-order valence-electron chi connectivity index (χ3n) is 2.40. The van der Waals surface area contributed by atoms with Gasteiger partial charge in [-0.05, 0) is 6.92 Å². The van der Waals surface area contributed by atoms with Crippen molar-refractivity contribution in [2.45, 2.75) is 13.0 Å². The van der Waals surface area contributed by atoms with E-state index in [4.69, 9.17) is 9.47 Å². The van der Waals surface area contributed by atoms with E-state index in [0.717, 1.165) is 25.5 Å². The molecule has 0 aliphatic carbocycles. The Kier molecular flexibility index (Phi) is 3.01. The van der Waals surface area contributed by atoms with E-state index in [1.54, 1.807) is 7.11 Å². The summed E-state index contributed by atoms with van der Waals surface area (Å²) in [5.41, 5.74) is 0. The van der Waals surface area contributed by atoms with E-state index in [9.17, 15) is 0 Å². The second-order valence-corrected chi connectivity index (χ2v) is 3.55. The predicted octanol–water partition coefficient (Wildman–Crippen LogP) is 0.710. The molecule has 5 nitrogen and oxygen atoms in total. The first kappa shape index (κ1) is 10.2. The Morgan fingerprint density at radius 1 is 1.53 bits per heavy atom. The van der Waals surface area contributed by atoms with Crippen LogP contribution >= 0.6 is 0 Å². The first-order chi connectivity index (χ1) is 7.29. The minimum absolute atomic E-state index is 0.250. The zero-order valence-electron chi connectivity index (χ0n) is 9.01. The summed E-state index contributed by atoms with van der Waals surface area (Å²) in [6.45, 7) is 4.53. The van der Waals surface area contributed by atoms with Crippen LogP contribution in [0.3, 0.4) is 0 Å². The molecule has 2 heterocycles. The smallest absolute Gasteiger partial charge is 0.218 e. The fourth-order valence-corrected chi connectivity index (χ4v) is 1.64. The maximum atomic E-state index is 5.47. The molecule has 2 rings (SSSR count). The number of morpholine rings is 1. The van der Waals surface area contributed by atoms with Crippen molar-refractivity contribution in [1.29, 1.82) is 0 Å². The average Bonchev–Trinajstić information content (AvgIpc) is 2.29. The molecule has 1 atom stereocenters. The van der Waals surface area contributed by atoms with Gasteiger partial charge in [0.2, 0.25) is 5.88 Å². The third-order valence-corrected chi connectivity index (χ3v) is 2.40. The Labute approximate surface area is 89.0 Å². The summed E-state index contributed by atoms with van der Waals surface area (Å²) >= 11 is 0. The van der Waals surface area contributed by atoms with E-state index in [2.05, 4.69) is 21.8 Å². The van der Waals surface area contributed by atoms with Crippen LogP contribution in [0, 0.1) is 0 Å². The van der Waals surface area contributed by atoms with Gasteiger partial charge < -0.3 is 14.4 Å². The molecule has 0 spiro atoms. The van der Waals surface area contributed by atoms with Gasteiger partial charge in [0.1, 0.15) is 12.1 Å². The first-order valence-electron chi connectivity index (χ1n) is 5.02. The standard InChI is InChI=1S/C10H15N3O2/c1-8-6-13(3-4-15-8)9-5-10(14-2)12-7-11-9/h5,7-8H,3-4,6H2,1-2H3. The lowest BCUT2D eigenvalue weighted by atomic mass is 10.3. The monoisotopic (exact) mass is 209 g/mol. The maximum Gasteiger partial charge on any atom is 0.218 e. The van der Waals surface area contributed by atoms with Crippen molar-refractivity contribution in [2.75, 3.05) is 31.7 Å². The first-order valence-corrected chi connectivity index (χ1v) is 5.02. The molecular weight excluding hydrogens is 194 g/mol. The second kappa shape index (κ2) is 4.44. The summed E-state index contributed by atoms with van der Waals surface area (Å²) in [5.74, 6) is 1.50. The Balaban J connectivity index is 2.13. The number of nitrogens with zero attached hydrogens (tertiary/aromatic N) is 3. The Bertz CT molecular complexity index is 332. The fraction of sp³-hybridized carbons (Fsp3) is 0.600. The molecular formula is C10H15N3O2. The van der Waals surface area contributed by atoms with Crippen molar-refractivity contribution in [3.05, 3.63) is 12.4 Å². The van der Waals surface area contributed by atoms with Crippen LogP contribution in [0.15, 0.2) is 12.4 Å². The van der Waals surface area contributed by atoms with Gasteiger partial charge >= 0.3 is 0 Å². The van der Waals surface area contributed by atoms with Gasteiger partial charge in [-0.3, -0.25) is 0 Å². The molecule has 1 aliphatic rings. The van der Waals surface area contributed by atoms with Gasteiger partial charge in [-0.1, -0.05) is 0 Å². The molecule has 1 unspecified atom stereocenters. The number of rotatable bonds is 2.